The minimum atomic E-state index is -4.36. The highest BCUT2D eigenvalue weighted by molar-refractivity contribution is 5.53. The number of halogens is 3. The number of alkyl halides is 3. The molecule has 0 aliphatic carbocycles. The third kappa shape index (κ3) is 2.93. The van der Waals surface area contributed by atoms with Gasteiger partial charge in [-0.3, -0.25) is 0 Å². The molecule has 1 aromatic heterocycles. The maximum Gasteiger partial charge on any atom is 0.416 e. The second-order valence-electron chi connectivity index (χ2n) is 4.72. The lowest BCUT2D eigenvalue weighted by molar-refractivity contribution is -0.137. The Morgan fingerprint density at radius 2 is 1.68 bits per heavy atom. The van der Waals surface area contributed by atoms with Gasteiger partial charge in [0.15, 0.2) is 5.82 Å². The first kappa shape index (κ1) is 13.5. The predicted molar refractivity (Wildman–Crippen MR) is 61.9 cm³/mol. The van der Waals surface area contributed by atoms with Crippen LogP contribution >= 0.6 is 0 Å². The maximum absolute atomic E-state index is 12.4. The molecule has 4 nitrogen and oxygen atoms in total. The zero-order chi connectivity index (χ0) is 14.3. The molecule has 0 aliphatic heterocycles. The molecule has 0 radical (unpaired) electrons. The van der Waals surface area contributed by atoms with Crippen LogP contribution in [0.3, 0.4) is 0 Å². The lowest BCUT2D eigenvalue weighted by Gasteiger charge is -2.11. The molecule has 0 fully saturated rings. The summed E-state index contributed by atoms with van der Waals surface area (Å²) in [6.45, 7) is 3.41. The van der Waals surface area contributed by atoms with Gasteiger partial charge >= 0.3 is 6.18 Å². The Bertz CT molecular complexity index is 567. The summed E-state index contributed by atoms with van der Waals surface area (Å²) in [4.78, 5) is 4.06. The Hall–Kier alpha value is -1.89. The monoisotopic (exact) mass is 271 g/mol. The molecule has 2 aromatic rings. The van der Waals surface area contributed by atoms with Crippen LogP contribution in [0, 0.1) is 0 Å². The first-order valence-electron chi connectivity index (χ1n) is 5.48. The third-order valence-electron chi connectivity index (χ3n) is 2.46. The third-order valence-corrected chi connectivity index (χ3v) is 2.46. The quantitative estimate of drug-likeness (QED) is 0.912. The number of nitrogens with two attached hydrogens (primary N) is 1. The van der Waals surface area contributed by atoms with Crippen LogP contribution in [-0.4, -0.2) is 10.1 Å². The highest BCUT2D eigenvalue weighted by atomic mass is 19.4. The predicted octanol–water partition coefficient (Wildman–Crippen LogP) is 2.95. The van der Waals surface area contributed by atoms with Gasteiger partial charge in [-0.1, -0.05) is 5.16 Å². The van der Waals surface area contributed by atoms with E-state index in [1.807, 2.05) is 0 Å². The number of benzene rings is 1. The molecule has 1 aromatic carbocycles. The Balaban J connectivity index is 2.31. The molecule has 0 bridgehead atoms. The van der Waals surface area contributed by atoms with Gasteiger partial charge in [-0.15, -0.1) is 0 Å². The van der Waals surface area contributed by atoms with Gasteiger partial charge in [-0.2, -0.15) is 18.2 Å². The fourth-order valence-corrected chi connectivity index (χ4v) is 1.40. The number of rotatable bonds is 2. The van der Waals surface area contributed by atoms with Crippen molar-refractivity contribution < 1.29 is 17.7 Å². The van der Waals surface area contributed by atoms with Crippen LogP contribution in [0.1, 0.15) is 25.2 Å². The molecule has 0 saturated heterocycles. The lowest BCUT2D eigenvalue weighted by Crippen LogP contribution is -2.30. The average Bonchev–Trinajstić information content (AvgIpc) is 2.77. The SMILES string of the molecule is CC(C)(N)c1noc(-c2ccc(C(F)(F)F)cc2)n1. The number of hydrogen-bond donors (Lipinski definition) is 1. The average molecular weight is 271 g/mol. The highest BCUT2D eigenvalue weighted by Gasteiger charge is 2.30. The van der Waals surface area contributed by atoms with Gasteiger partial charge in [0.05, 0.1) is 11.1 Å². The maximum atomic E-state index is 12.4. The summed E-state index contributed by atoms with van der Waals surface area (Å²) in [5.74, 6) is 0.435. The molecule has 0 amide bonds. The summed E-state index contributed by atoms with van der Waals surface area (Å²) in [6, 6.07) is 4.49. The van der Waals surface area contributed by atoms with Crippen molar-refractivity contribution in [1.82, 2.24) is 10.1 Å². The summed E-state index contributed by atoms with van der Waals surface area (Å²) in [5, 5.41) is 3.70. The minimum absolute atomic E-state index is 0.141. The fourth-order valence-electron chi connectivity index (χ4n) is 1.40. The largest absolute Gasteiger partial charge is 0.416 e. The number of aromatic nitrogens is 2. The molecule has 0 atom stereocenters. The Morgan fingerprint density at radius 3 is 2.11 bits per heavy atom. The van der Waals surface area contributed by atoms with E-state index in [4.69, 9.17) is 10.3 Å². The van der Waals surface area contributed by atoms with Crippen LogP contribution in [-0.2, 0) is 11.7 Å². The smallest absolute Gasteiger partial charge is 0.334 e. The molecule has 7 heteroatoms. The van der Waals surface area contributed by atoms with Crippen LogP contribution in [0.25, 0.3) is 11.5 Å². The molecule has 1 heterocycles. The molecule has 0 spiro atoms. The molecular formula is C12H12F3N3O. The van der Waals surface area contributed by atoms with Crippen LogP contribution in [0.2, 0.25) is 0 Å². The molecule has 2 rings (SSSR count). The van der Waals surface area contributed by atoms with E-state index in [9.17, 15) is 13.2 Å². The Morgan fingerprint density at radius 1 is 1.11 bits per heavy atom. The number of hydrogen-bond acceptors (Lipinski definition) is 4. The molecule has 2 N–H and O–H groups in total. The van der Waals surface area contributed by atoms with Crippen molar-refractivity contribution in [3.05, 3.63) is 35.7 Å². The summed E-state index contributed by atoms with van der Waals surface area (Å²) >= 11 is 0. The van der Waals surface area contributed by atoms with Crippen LogP contribution < -0.4 is 5.73 Å². The van der Waals surface area contributed by atoms with E-state index >= 15 is 0 Å². The molecule has 102 valence electrons. The summed E-state index contributed by atoms with van der Waals surface area (Å²) in [5.41, 5.74) is 4.71. The van der Waals surface area contributed by atoms with Gasteiger partial charge in [-0.25, -0.2) is 0 Å². The molecule has 0 aliphatic rings. The van der Waals surface area contributed by atoms with E-state index in [-0.39, 0.29) is 5.89 Å². The van der Waals surface area contributed by atoms with E-state index in [1.165, 1.54) is 12.1 Å². The van der Waals surface area contributed by atoms with Gasteiger partial charge in [0.1, 0.15) is 0 Å². The highest BCUT2D eigenvalue weighted by Crippen LogP contribution is 2.30. The zero-order valence-corrected chi connectivity index (χ0v) is 10.3. The fraction of sp³-hybridized carbons (Fsp3) is 0.333. The van der Waals surface area contributed by atoms with Crippen molar-refractivity contribution in [3.63, 3.8) is 0 Å². The molecule has 19 heavy (non-hydrogen) atoms. The van der Waals surface area contributed by atoms with Gasteiger partial charge in [0, 0.05) is 5.56 Å². The summed E-state index contributed by atoms with van der Waals surface area (Å²) in [6.07, 6.45) is -4.36. The first-order valence-corrected chi connectivity index (χ1v) is 5.48. The number of nitrogens with zero attached hydrogens (tertiary/aromatic N) is 2. The van der Waals surface area contributed by atoms with E-state index < -0.39 is 17.3 Å². The van der Waals surface area contributed by atoms with Crippen molar-refractivity contribution in [2.45, 2.75) is 25.6 Å². The topological polar surface area (TPSA) is 64.9 Å². The summed E-state index contributed by atoms with van der Waals surface area (Å²) < 4.78 is 42.2. The van der Waals surface area contributed by atoms with Crippen molar-refractivity contribution in [2.24, 2.45) is 5.73 Å². The summed E-state index contributed by atoms with van der Waals surface area (Å²) in [7, 11) is 0. The van der Waals surface area contributed by atoms with E-state index in [0.717, 1.165) is 12.1 Å². The Kier molecular flexibility index (Phi) is 3.09. The molecular weight excluding hydrogens is 259 g/mol. The van der Waals surface area contributed by atoms with Crippen molar-refractivity contribution in [3.8, 4) is 11.5 Å². The second-order valence-corrected chi connectivity index (χ2v) is 4.72. The first-order chi connectivity index (χ1) is 8.68. The van der Waals surface area contributed by atoms with Gasteiger partial charge < -0.3 is 10.3 Å². The van der Waals surface area contributed by atoms with Crippen molar-refractivity contribution in [1.29, 1.82) is 0 Å². The van der Waals surface area contributed by atoms with Gasteiger partial charge in [0.2, 0.25) is 0 Å². The van der Waals surface area contributed by atoms with Crippen LogP contribution in [0.15, 0.2) is 28.8 Å². The van der Waals surface area contributed by atoms with Crippen molar-refractivity contribution in [2.75, 3.05) is 0 Å². The van der Waals surface area contributed by atoms with Gasteiger partial charge in [0.25, 0.3) is 5.89 Å². The van der Waals surface area contributed by atoms with Crippen molar-refractivity contribution >= 4 is 0 Å². The molecule has 0 saturated carbocycles. The van der Waals surface area contributed by atoms with Gasteiger partial charge in [-0.05, 0) is 38.1 Å². The van der Waals surface area contributed by atoms with E-state index in [0.29, 0.717) is 11.4 Å². The van der Waals surface area contributed by atoms with E-state index in [1.54, 1.807) is 13.8 Å². The second kappa shape index (κ2) is 4.34. The Labute approximate surface area is 107 Å². The minimum Gasteiger partial charge on any atom is -0.334 e. The van der Waals surface area contributed by atoms with Crippen LogP contribution in [0.4, 0.5) is 13.2 Å². The zero-order valence-electron chi connectivity index (χ0n) is 10.3. The van der Waals surface area contributed by atoms with E-state index in [2.05, 4.69) is 10.1 Å². The standard InChI is InChI=1S/C12H12F3N3O/c1-11(2,16)10-17-9(19-18-10)7-3-5-8(6-4-7)12(13,14)15/h3-6H,16H2,1-2H3. The van der Waals surface area contributed by atoms with Crippen LogP contribution in [0.5, 0.6) is 0 Å². The lowest BCUT2D eigenvalue weighted by atomic mass is 10.1. The molecule has 0 unspecified atom stereocenters. The normalized spacial score (nSPS) is 12.7.